The molecule has 2 aromatic carbocycles. The molecule has 3 heteroatoms. The fraction of sp³-hybridized carbons (Fsp3) is 0.381. The van der Waals surface area contributed by atoms with Gasteiger partial charge in [0.25, 0.3) is 5.91 Å². The number of ether oxygens (including phenoxy) is 1. The van der Waals surface area contributed by atoms with Crippen molar-refractivity contribution in [3.05, 3.63) is 65.7 Å². The van der Waals surface area contributed by atoms with Crippen molar-refractivity contribution in [2.75, 3.05) is 7.05 Å². The van der Waals surface area contributed by atoms with Gasteiger partial charge in [-0.3, -0.25) is 4.79 Å². The Kier molecular flexibility index (Phi) is 6.42. The molecule has 0 fully saturated rings. The van der Waals surface area contributed by atoms with E-state index < -0.39 is 0 Å². The maximum absolute atomic E-state index is 12.6. The van der Waals surface area contributed by atoms with Gasteiger partial charge in [-0.2, -0.15) is 0 Å². The van der Waals surface area contributed by atoms with Crippen LogP contribution in [0.4, 0.5) is 0 Å². The lowest BCUT2D eigenvalue weighted by Crippen LogP contribution is -2.35. The zero-order chi connectivity index (χ0) is 17.5. The summed E-state index contributed by atoms with van der Waals surface area (Å²) < 4.78 is 5.73. The molecule has 0 aliphatic rings. The van der Waals surface area contributed by atoms with E-state index in [1.54, 1.807) is 0 Å². The van der Waals surface area contributed by atoms with Crippen LogP contribution >= 0.6 is 0 Å². The molecule has 0 aliphatic heterocycles. The molecule has 2 rings (SSSR count). The summed E-state index contributed by atoms with van der Waals surface area (Å²) >= 11 is 0. The van der Waals surface area contributed by atoms with E-state index >= 15 is 0 Å². The van der Waals surface area contributed by atoms with Crippen LogP contribution in [0.3, 0.4) is 0 Å². The number of carbonyl (C=O) groups excluding carboxylic acids is 1. The van der Waals surface area contributed by atoms with Gasteiger partial charge in [-0.1, -0.05) is 44.2 Å². The summed E-state index contributed by atoms with van der Waals surface area (Å²) in [4.78, 5) is 14.4. The van der Waals surface area contributed by atoms with Gasteiger partial charge in [0.05, 0.1) is 0 Å². The smallest absolute Gasteiger partial charge is 0.253 e. The minimum Gasteiger partial charge on any atom is -0.489 e. The lowest BCUT2D eigenvalue weighted by Gasteiger charge is -2.26. The number of rotatable bonds is 7. The van der Waals surface area contributed by atoms with E-state index in [2.05, 4.69) is 20.8 Å². The number of hydrogen-bond acceptors (Lipinski definition) is 2. The number of para-hydroxylation sites is 1. The Bertz CT molecular complexity index is 635. The quantitative estimate of drug-likeness (QED) is 0.733. The predicted octanol–water partition coefficient (Wildman–Crippen LogP) is 4.77. The molecule has 1 unspecified atom stereocenters. The highest BCUT2D eigenvalue weighted by atomic mass is 16.5. The van der Waals surface area contributed by atoms with Crippen LogP contribution in [0, 0.1) is 5.92 Å². The van der Waals surface area contributed by atoms with Crippen molar-refractivity contribution in [2.45, 2.75) is 39.8 Å². The Morgan fingerprint density at radius 3 is 2.21 bits per heavy atom. The van der Waals surface area contributed by atoms with E-state index in [1.807, 2.05) is 66.5 Å². The summed E-state index contributed by atoms with van der Waals surface area (Å²) in [5.74, 6) is 1.49. The summed E-state index contributed by atoms with van der Waals surface area (Å²) in [5.41, 5.74) is 1.77. The van der Waals surface area contributed by atoms with Gasteiger partial charge in [0.15, 0.2) is 0 Å². The molecule has 1 atom stereocenters. The Morgan fingerprint density at radius 1 is 1.00 bits per heavy atom. The van der Waals surface area contributed by atoms with Crippen molar-refractivity contribution in [3.8, 4) is 5.75 Å². The van der Waals surface area contributed by atoms with Crippen molar-refractivity contribution < 1.29 is 9.53 Å². The molecule has 0 aliphatic carbocycles. The van der Waals surface area contributed by atoms with Gasteiger partial charge in [-0.25, -0.2) is 0 Å². The summed E-state index contributed by atoms with van der Waals surface area (Å²) in [6.45, 7) is 6.95. The minimum atomic E-state index is 0.0682. The highest BCUT2D eigenvalue weighted by Crippen LogP contribution is 2.15. The van der Waals surface area contributed by atoms with Crippen LogP contribution in [-0.4, -0.2) is 23.9 Å². The van der Waals surface area contributed by atoms with Crippen molar-refractivity contribution in [1.29, 1.82) is 0 Å². The van der Waals surface area contributed by atoms with E-state index in [1.165, 1.54) is 0 Å². The molecule has 2 aromatic rings. The Balaban J connectivity index is 1.94. The first-order valence-corrected chi connectivity index (χ1v) is 8.51. The first-order chi connectivity index (χ1) is 11.5. The number of carbonyl (C=O) groups is 1. The molecule has 3 nitrogen and oxygen atoms in total. The second-order valence-electron chi connectivity index (χ2n) is 6.69. The van der Waals surface area contributed by atoms with Crippen LogP contribution in [-0.2, 0) is 6.61 Å². The third kappa shape index (κ3) is 5.12. The molecule has 0 N–H and O–H groups in total. The molecule has 24 heavy (non-hydrogen) atoms. The maximum Gasteiger partial charge on any atom is 0.253 e. The average Bonchev–Trinajstić information content (AvgIpc) is 2.59. The standard InChI is InChI=1S/C21H27NO2/c1-16(2)14-17(3)22(4)21(23)19-12-10-18(11-13-19)15-24-20-8-6-5-7-9-20/h5-13,16-17H,14-15H2,1-4H3. The number of benzene rings is 2. The lowest BCUT2D eigenvalue weighted by atomic mass is 10.0. The molecule has 0 saturated heterocycles. The highest BCUT2D eigenvalue weighted by Gasteiger charge is 2.18. The van der Waals surface area contributed by atoms with E-state index in [0.29, 0.717) is 12.5 Å². The fourth-order valence-electron chi connectivity index (χ4n) is 2.67. The van der Waals surface area contributed by atoms with Crippen LogP contribution in [0.25, 0.3) is 0 Å². The third-order valence-corrected chi connectivity index (χ3v) is 4.14. The summed E-state index contributed by atoms with van der Waals surface area (Å²) in [6, 6.07) is 17.6. The molecule has 0 radical (unpaired) electrons. The summed E-state index contributed by atoms with van der Waals surface area (Å²) in [6.07, 6.45) is 1.01. The monoisotopic (exact) mass is 325 g/mol. The topological polar surface area (TPSA) is 29.5 Å². The molecular formula is C21H27NO2. The molecule has 0 saturated carbocycles. The lowest BCUT2D eigenvalue weighted by molar-refractivity contribution is 0.0728. The van der Waals surface area contributed by atoms with Crippen molar-refractivity contribution in [1.82, 2.24) is 4.90 Å². The fourth-order valence-corrected chi connectivity index (χ4v) is 2.67. The van der Waals surface area contributed by atoms with Gasteiger partial charge in [-0.15, -0.1) is 0 Å². The third-order valence-electron chi connectivity index (χ3n) is 4.14. The number of hydrogen-bond donors (Lipinski definition) is 0. The van der Waals surface area contributed by atoms with Crippen LogP contribution < -0.4 is 4.74 Å². The largest absolute Gasteiger partial charge is 0.489 e. The van der Waals surface area contributed by atoms with Crippen molar-refractivity contribution >= 4 is 5.91 Å². The molecule has 128 valence electrons. The molecule has 0 aromatic heterocycles. The Hall–Kier alpha value is -2.29. The maximum atomic E-state index is 12.6. The van der Waals surface area contributed by atoms with E-state index in [-0.39, 0.29) is 11.9 Å². The number of nitrogens with zero attached hydrogens (tertiary/aromatic N) is 1. The van der Waals surface area contributed by atoms with Crippen LogP contribution in [0.1, 0.15) is 43.1 Å². The first kappa shape index (κ1) is 18.1. The van der Waals surface area contributed by atoms with E-state index in [9.17, 15) is 4.79 Å². The minimum absolute atomic E-state index is 0.0682. The Morgan fingerprint density at radius 2 is 1.62 bits per heavy atom. The van der Waals surface area contributed by atoms with Gasteiger partial charge >= 0.3 is 0 Å². The van der Waals surface area contributed by atoms with E-state index in [0.717, 1.165) is 23.3 Å². The first-order valence-electron chi connectivity index (χ1n) is 8.51. The zero-order valence-electron chi connectivity index (χ0n) is 15.0. The van der Waals surface area contributed by atoms with Gasteiger partial charge < -0.3 is 9.64 Å². The van der Waals surface area contributed by atoms with Gasteiger partial charge in [0, 0.05) is 18.7 Å². The molecular weight excluding hydrogens is 298 g/mol. The molecule has 0 spiro atoms. The normalized spacial score (nSPS) is 12.0. The summed E-state index contributed by atoms with van der Waals surface area (Å²) in [5, 5.41) is 0. The van der Waals surface area contributed by atoms with Gasteiger partial charge in [-0.05, 0) is 49.1 Å². The zero-order valence-corrected chi connectivity index (χ0v) is 15.0. The van der Waals surface area contributed by atoms with Crippen LogP contribution in [0.2, 0.25) is 0 Å². The van der Waals surface area contributed by atoms with Crippen LogP contribution in [0.5, 0.6) is 5.75 Å². The molecule has 0 heterocycles. The van der Waals surface area contributed by atoms with E-state index in [4.69, 9.17) is 4.74 Å². The van der Waals surface area contributed by atoms with Gasteiger partial charge in [0.1, 0.15) is 12.4 Å². The Labute approximate surface area is 145 Å². The second-order valence-corrected chi connectivity index (χ2v) is 6.69. The van der Waals surface area contributed by atoms with Crippen molar-refractivity contribution in [3.63, 3.8) is 0 Å². The van der Waals surface area contributed by atoms with Crippen LogP contribution in [0.15, 0.2) is 54.6 Å². The summed E-state index contributed by atoms with van der Waals surface area (Å²) in [7, 11) is 1.88. The highest BCUT2D eigenvalue weighted by molar-refractivity contribution is 5.94. The number of amides is 1. The molecule has 0 bridgehead atoms. The molecule has 1 amide bonds. The van der Waals surface area contributed by atoms with Gasteiger partial charge in [0.2, 0.25) is 0 Å². The average molecular weight is 325 g/mol. The SMILES string of the molecule is CC(C)CC(C)N(C)C(=O)c1ccc(COc2ccccc2)cc1. The predicted molar refractivity (Wildman–Crippen MR) is 98.2 cm³/mol. The second kappa shape index (κ2) is 8.53. The van der Waals surface area contributed by atoms with Crippen molar-refractivity contribution in [2.24, 2.45) is 5.92 Å².